The van der Waals surface area contributed by atoms with Gasteiger partial charge in [0.25, 0.3) is 0 Å². The summed E-state index contributed by atoms with van der Waals surface area (Å²) in [6.07, 6.45) is 6.25. The number of pyridine rings is 1. The van der Waals surface area contributed by atoms with Gasteiger partial charge in [-0.3, -0.25) is 4.98 Å². The molecule has 0 saturated heterocycles. The van der Waals surface area contributed by atoms with Crippen LogP contribution in [0.15, 0.2) is 90.1 Å². The maximum Gasteiger partial charge on any atom is 0.347 e. The molecule has 39 heavy (non-hydrogen) atoms. The maximum absolute atomic E-state index is 12.0. The van der Waals surface area contributed by atoms with Crippen LogP contribution in [0.1, 0.15) is 51.1 Å². The van der Waals surface area contributed by atoms with Crippen molar-refractivity contribution in [2.24, 2.45) is 0 Å². The summed E-state index contributed by atoms with van der Waals surface area (Å²) >= 11 is 1.07. The van der Waals surface area contributed by atoms with Gasteiger partial charge in [-0.2, -0.15) is 0 Å². The van der Waals surface area contributed by atoms with Crippen LogP contribution in [0.3, 0.4) is 0 Å². The lowest BCUT2D eigenvalue weighted by Crippen LogP contribution is -1.97. The first-order valence-electron chi connectivity index (χ1n) is 12.3. The largest absolute Gasteiger partial charge is 0.477 e. The lowest BCUT2D eigenvalue weighted by Gasteiger charge is -2.13. The Morgan fingerprint density at radius 2 is 1.74 bits per heavy atom. The minimum atomic E-state index is -3.36. The van der Waals surface area contributed by atoms with Crippen LogP contribution in [0.4, 0.5) is 0 Å². The lowest BCUT2D eigenvalue weighted by molar-refractivity contribution is 0.0702. The molecule has 0 spiro atoms. The number of carboxylic acids is 1. The van der Waals surface area contributed by atoms with Gasteiger partial charge in [-0.05, 0) is 70.6 Å². The van der Waals surface area contributed by atoms with Crippen molar-refractivity contribution in [3.63, 3.8) is 0 Å². The van der Waals surface area contributed by atoms with Gasteiger partial charge in [0.05, 0.1) is 16.6 Å². The first-order valence-corrected chi connectivity index (χ1v) is 15.0. The number of carbonyl (C=O) groups is 1. The normalized spacial score (nSPS) is 12.3. The molecule has 0 unspecified atom stereocenters. The van der Waals surface area contributed by atoms with E-state index < -0.39 is 15.8 Å². The van der Waals surface area contributed by atoms with E-state index in [9.17, 15) is 18.3 Å². The highest BCUT2D eigenvalue weighted by Gasteiger charge is 2.16. The number of rotatable bonds is 7. The summed E-state index contributed by atoms with van der Waals surface area (Å²) in [7, 11) is -3.36. The Bertz CT molecular complexity index is 1840. The zero-order chi connectivity index (χ0) is 27.7. The second-order valence-electron chi connectivity index (χ2n) is 9.61. The first kappa shape index (κ1) is 26.5. The summed E-state index contributed by atoms with van der Waals surface area (Å²) in [5.41, 5.74) is 6.51. The lowest BCUT2D eigenvalue weighted by atomic mass is 9.93. The highest BCUT2D eigenvalue weighted by molar-refractivity contribution is 7.90. The van der Waals surface area contributed by atoms with Crippen LogP contribution >= 0.6 is 11.3 Å². The number of carboxylic acid groups (broad SMARTS) is 1. The molecule has 0 aliphatic rings. The summed E-state index contributed by atoms with van der Waals surface area (Å²) in [6.45, 7) is 4.34. The fourth-order valence-electron chi connectivity index (χ4n) is 4.38. The zero-order valence-corrected chi connectivity index (χ0v) is 23.3. The van der Waals surface area contributed by atoms with E-state index in [0.717, 1.165) is 50.7 Å². The average Bonchev–Trinajstić information content (AvgIpc) is 3.41. The van der Waals surface area contributed by atoms with Crippen molar-refractivity contribution in [3.05, 3.63) is 112 Å². The standard InChI is InChI=1S/C31H26N2O4S2/c1-19(2)24-16-23-8-5-13-32-29(23)26(17-24)22-7-4-6-20(14-22)15-27(30-33-18-28(38-30)31(34)35)21-9-11-25(12-10-21)39(3,36)37/h4-19H,1-3H3,(H,34,35)/b27-15+. The number of aromatic nitrogens is 2. The van der Waals surface area contributed by atoms with Gasteiger partial charge in [-0.1, -0.05) is 50.2 Å². The molecule has 0 aliphatic heterocycles. The molecular formula is C31H26N2O4S2. The van der Waals surface area contributed by atoms with Gasteiger partial charge in [0.1, 0.15) is 9.88 Å². The molecule has 0 atom stereocenters. The fourth-order valence-corrected chi connectivity index (χ4v) is 5.80. The van der Waals surface area contributed by atoms with Crippen molar-refractivity contribution in [1.29, 1.82) is 0 Å². The molecule has 196 valence electrons. The number of hydrogen-bond acceptors (Lipinski definition) is 6. The molecule has 0 amide bonds. The Morgan fingerprint density at radius 1 is 0.974 bits per heavy atom. The molecule has 0 radical (unpaired) electrons. The van der Waals surface area contributed by atoms with Crippen LogP contribution in [0.25, 0.3) is 33.7 Å². The molecule has 5 aromatic rings. The summed E-state index contributed by atoms with van der Waals surface area (Å²) in [5, 5.41) is 11.1. The quantitative estimate of drug-likeness (QED) is 0.214. The van der Waals surface area contributed by atoms with Crippen LogP contribution < -0.4 is 0 Å². The van der Waals surface area contributed by atoms with E-state index in [2.05, 4.69) is 54.1 Å². The van der Waals surface area contributed by atoms with Gasteiger partial charge in [0.2, 0.25) is 0 Å². The van der Waals surface area contributed by atoms with E-state index in [0.29, 0.717) is 16.5 Å². The van der Waals surface area contributed by atoms with Crippen molar-refractivity contribution < 1.29 is 18.3 Å². The van der Waals surface area contributed by atoms with Gasteiger partial charge in [-0.15, -0.1) is 11.3 Å². The molecule has 8 heteroatoms. The Kier molecular flexibility index (Phi) is 7.16. The summed E-state index contributed by atoms with van der Waals surface area (Å²) in [4.78, 5) is 20.9. The average molecular weight is 555 g/mol. The SMILES string of the molecule is CC(C)c1cc(-c2cccc(/C=C(\c3ccc(S(C)(=O)=O)cc3)c3ncc(C(=O)O)s3)c2)c2ncccc2c1. The predicted octanol–water partition coefficient (Wildman–Crippen LogP) is 7.17. The van der Waals surface area contributed by atoms with Crippen molar-refractivity contribution in [2.75, 3.05) is 6.26 Å². The van der Waals surface area contributed by atoms with Crippen molar-refractivity contribution in [1.82, 2.24) is 9.97 Å². The van der Waals surface area contributed by atoms with Gasteiger partial charge < -0.3 is 5.11 Å². The molecule has 0 aliphatic carbocycles. The summed E-state index contributed by atoms with van der Waals surface area (Å²) < 4.78 is 24.0. The molecule has 2 aromatic heterocycles. The third kappa shape index (κ3) is 5.67. The molecular weight excluding hydrogens is 528 g/mol. The fraction of sp³-hybridized carbons (Fsp3) is 0.129. The number of sulfone groups is 1. The number of benzene rings is 3. The van der Waals surface area contributed by atoms with Gasteiger partial charge in [-0.25, -0.2) is 18.2 Å². The molecule has 3 aromatic carbocycles. The van der Waals surface area contributed by atoms with E-state index in [1.807, 2.05) is 24.3 Å². The number of hydrogen-bond donors (Lipinski definition) is 1. The molecule has 0 saturated carbocycles. The molecule has 2 heterocycles. The zero-order valence-electron chi connectivity index (χ0n) is 21.6. The van der Waals surface area contributed by atoms with Crippen molar-refractivity contribution >= 4 is 49.7 Å². The second-order valence-corrected chi connectivity index (χ2v) is 12.7. The Balaban J connectivity index is 1.66. The Hall–Kier alpha value is -4.14. The van der Waals surface area contributed by atoms with E-state index in [-0.39, 0.29) is 9.77 Å². The van der Waals surface area contributed by atoms with E-state index in [4.69, 9.17) is 0 Å². The Morgan fingerprint density at radius 3 is 2.41 bits per heavy atom. The van der Waals surface area contributed by atoms with Crippen molar-refractivity contribution in [2.45, 2.75) is 24.7 Å². The smallest absolute Gasteiger partial charge is 0.347 e. The second kappa shape index (κ2) is 10.6. The van der Waals surface area contributed by atoms with E-state index in [1.54, 1.807) is 30.5 Å². The van der Waals surface area contributed by atoms with Gasteiger partial charge >= 0.3 is 5.97 Å². The summed E-state index contributed by atoms with van der Waals surface area (Å²) in [5.74, 6) is -0.691. The highest BCUT2D eigenvalue weighted by atomic mass is 32.2. The van der Waals surface area contributed by atoms with E-state index in [1.165, 1.54) is 11.8 Å². The topological polar surface area (TPSA) is 97.2 Å². The first-order chi connectivity index (χ1) is 18.6. The molecule has 6 nitrogen and oxygen atoms in total. The molecule has 0 fully saturated rings. The van der Waals surface area contributed by atoms with Crippen LogP contribution in [0.2, 0.25) is 0 Å². The third-order valence-electron chi connectivity index (χ3n) is 6.44. The van der Waals surface area contributed by atoms with Crippen LogP contribution in [0, 0.1) is 0 Å². The van der Waals surface area contributed by atoms with Crippen LogP contribution in [0.5, 0.6) is 0 Å². The Labute approximate surface area is 231 Å². The minimum Gasteiger partial charge on any atom is -0.477 e. The monoisotopic (exact) mass is 554 g/mol. The third-order valence-corrected chi connectivity index (χ3v) is 8.59. The minimum absolute atomic E-state index is 0.125. The summed E-state index contributed by atoms with van der Waals surface area (Å²) in [6, 6.07) is 23.0. The van der Waals surface area contributed by atoms with Gasteiger partial charge in [0.15, 0.2) is 9.84 Å². The van der Waals surface area contributed by atoms with Gasteiger partial charge in [0, 0.05) is 29.0 Å². The maximum atomic E-state index is 12.0. The molecule has 1 N–H and O–H groups in total. The number of aromatic carboxylic acids is 1. The van der Waals surface area contributed by atoms with Crippen LogP contribution in [-0.2, 0) is 9.84 Å². The van der Waals surface area contributed by atoms with Crippen LogP contribution in [-0.4, -0.2) is 35.7 Å². The van der Waals surface area contributed by atoms with Crippen molar-refractivity contribution in [3.8, 4) is 11.1 Å². The predicted molar refractivity (Wildman–Crippen MR) is 157 cm³/mol. The highest BCUT2D eigenvalue weighted by Crippen LogP contribution is 2.34. The van der Waals surface area contributed by atoms with E-state index >= 15 is 0 Å². The number of thiazole rings is 1. The molecule has 5 rings (SSSR count). The molecule has 0 bridgehead atoms. The number of nitrogens with zero attached hydrogens (tertiary/aromatic N) is 2. The number of fused-ring (bicyclic) bond motifs is 1.